The lowest BCUT2D eigenvalue weighted by molar-refractivity contribution is -0.137. The highest BCUT2D eigenvalue weighted by atomic mass is 16.7. The van der Waals surface area contributed by atoms with Gasteiger partial charge in [0.15, 0.2) is 6.29 Å². The molecule has 1 aromatic carbocycles. The van der Waals surface area contributed by atoms with E-state index in [4.69, 9.17) is 20.3 Å². The van der Waals surface area contributed by atoms with Crippen molar-refractivity contribution in [3.8, 4) is 0 Å². The number of aliphatic carboxylic acids is 1. The van der Waals surface area contributed by atoms with Crippen LogP contribution in [0.15, 0.2) is 24.3 Å². The van der Waals surface area contributed by atoms with E-state index < -0.39 is 24.2 Å². The quantitative estimate of drug-likeness (QED) is 0.717. The first-order valence-corrected chi connectivity index (χ1v) is 6.67. The average Bonchev–Trinajstić information content (AvgIpc) is 2.99. The van der Waals surface area contributed by atoms with Gasteiger partial charge in [-0.05, 0) is 18.6 Å². The molecule has 1 amide bonds. The summed E-state index contributed by atoms with van der Waals surface area (Å²) in [5, 5.41) is 11.2. The molecule has 0 aromatic heterocycles. The number of hydrogen-bond acceptors (Lipinski definition) is 5. The second kappa shape index (κ2) is 7.16. The van der Waals surface area contributed by atoms with Gasteiger partial charge in [-0.3, -0.25) is 9.59 Å². The van der Waals surface area contributed by atoms with Gasteiger partial charge in [-0.1, -0.05) is 12.1 Å². The summed E-state index contributed by atoms with van der Waals surface area (Å²) in [7, 11) is 0. The Bertz CT molecular complexity index is 514. The zero-order valence-electron chi connectivity index (χ0n) is 11.5. The molecule has 1 unspecified atom stereocenters. The summed E-state index contributed by atoms with van der Waals surface area (Å²) < 4.78 is 10.8. The summed E-state index contributed by atoms with van der Waals surface area (Å²) in [6, 6.07) is 6.23. The molecule has 0 aliphatic carbocycles. The zero-order chi connectivity index (χ0) is 15.2. The van der Waals surface area contributed by atoms with E-state index >= 15 is 0 Å². The number of hydrogen-bond donors (Lipinski definition) is 3. The maximum atomic E-state index is 11.9. The molecule has 1 aromatic rings. The molecule has 21 heavy (non-hydrogen) atoms. The smallest absolute Gasteiger partial charge is 0.303 e. The third-order valence-electron chi connectivity index (χ3n) is 3.05. The topological polar surface area (TPSA) is 111 Å². The van der Waals surface area contributed by atoms with E-state index in [-0.39, 0.29) is 12.8 Å². The molecule has 0 radical (unpaired) electrons. The van der Waals surface area contributed by atoms with Crippen LogP contribution in [-0.2, 0) is 19.1 Å². The molecular weight excluding hydrogens is 276 g/mol. The van der Waals surface area contributed by atoms with E-state index in [0.29, 0.717) is 18.9 Å². The van der Waals surface area contributed by atoms with E-state index in [0.717, 1.165) is 5.56 Å². The Kier molecular flexibility index (Phi) is 5.26. The van der Waals surface area contributed by atoms with Crippen molar-refractivity contribution in [1.82, 2.24) is 0 Å². The largest absolute Gasteiger partial charge is 0.481 e. The van der Waals surface area contributed by atoms with Crippen LogP contribution in [0, 0.1) is 0 Å². The zero-order valence-corrected chi connectivity index (χ0v) is 11.5. The van der Waals surface area contributed by atoms with Gasteiger partial charge < -0.3 is 25.6 Å². The Morgan fingerprint density at radius 1 is 1.38 bits per heavy atom. The number of anilines is 1. The summed E-state index contributed by atoms with van der Waals surface area (Å²) in [4.78, 5) is 22.3. The maximum absolute atomic E-state index is 11.9. The number of carboxylic acid groups (broad SMARTS) is 1. The van der Waals surface area contributed by atoms with Crippen LogP contribution >= 0.6 is 0 Å². The van der Waals surface area contributed by atoms with Gasteiger partial charge >= 0.3 is 5.97 Å². The summed E-state index contributed by atoms with van der Waals surface area (Å²) in [5.41, 5.74) is 7.03. The van der Waals surface area contributed by atoms with Crippen molar-refractivity contribution in [2.45, 2.75) is 25.2 Å². The van der Waals surface area contributed by atoms with Gasteiger partial charge in [0.1, 0.15) is 0 Å². The van der Waals surface area contributed by atoms with Crippen LogP contribution < -0.4 is 11.1 Å². The second-order valence-electron chi connectivity index (χ2n) is 4.73. The fourth-order valence-corrected chi connectivity index (χ4v) is 1.96. The molecule has 1 heterocycles. The number of carbonyl (C=O) groups is 2. The van der Waals surface area contributed by atoms with E-state index in [1.165, 1.54) is 0 Å². The Morgan fingerprint density at radius 2 is 2.10 bits per heavy atom. The molecule has 1 aliphatic heterocycles. The minimum Gasteiger partial charge on any atom is -0.481 e. The third kappa shape index (κ3) is 4.52. The maximum Gasteiger partial charge on any atom is 0.303 e. The molecule has 1 aliphatic rings. The Hall–Kier alpha value is -1.96. The molecule has 7 nitrogen and oxygen atoms in total. The molecule has 0 spiro atoms. The first-order chi connectivity index (χ1) is 10.1. The van der Waals surface area contributed by atoms with E-state index in [9.17, 15) is 9.59 Å². The van der Waals surface area contributed by atoms with Gasteiger partial charge in [-0.15, -0.1) is 0 Å². The van der Waals surface area contributed by atoms with Crippen LogP contribution in [0.3, 0.4) is 0 Å². The predicted octanol–water partition coefficient (Wildman–Crippen LogP) is 0.863. The number of amides is 1. The highest BCUT2D eigenvalue weighted by Gasteiger charge is 2.19. The molecule has 114 valence electrons. The molecule has 7 heteroatoms. The highest BCUT2D eigenvalue weighted by molar-refractivity contribution is 5.94. The predicted molar refractivity (Wildman–Crippen MR) is 74.6 cm³/mol. The molecule has 4 N–H and O–H groups in total. The first-order valence-electron chi connectivity index (χ1n) is 6.67. The fraction of sp³-hybridized carbons (Fsp3) is 0.429. The summed E-state index contributed by atoms with van der Waals surface area (Å²) in [6.45, 7) is 1.09. The molecular formula is C14H18N2O5. The highest BCUT2D eigenvalue weighted by Crippen LogP contribution is 2.25. The van der Waals surface area contributed by atoms with E-state index in [2.05, 4.69) is 5.32 Å². The van der Waals surface area contributed by atoms with Crippen molar-refractivity contribution in [3.05, 3.63) is 29.8 Å². The fourth-order valence-electron chi connectivity index (χ4n) is 1.96. The van der Waals surface area contributed by atoms with Crippen molar-refractivity contribution in [1.29, 1.82) is 0 Å². The lowest BCUT2D eigenvalue weighted by Crippen LogP contribution is -2.36. The monoisotopic (exact) mass is 294 g/mol. The lowest BCUT2D eigenvalue weighted by Gasteiger charge is -2.14. The minimum atomic E-state index is -0.976. The van der Waals surface area contributed by atoms with Crippen molar-refractivity contribution in [2.75, 3.05) is 18.5 Å². The van der Waals surface area contributed by atoms with E-state index in [1.807, 2.05) is 6.07 Å². The van der Waals surface area contributed by atoms with Crippen molar-refractivity contribution in [3.63, 3.8) is 0 Å². The number of nitrogens with one attached hydrogen (secondary N) is 1. The molecule has 1 fully saturated rings. The van der Waals surface area contributed by atoms with Crippen LogP contribution in [0.4, 0.5) is 5.69 Å². The van der Waals surface area contributed by atoms with Crippen molar-refractivity contribution < 1.29 is 24.2 Å². The first kappa shape index (κ1) is 15.4. The number of nitrogens with two attached hydrogens (primary N) is 1. The third-order valence-corrected chi connectivity index (χ3v) is 3.05. The van der Waals surface area contributed by atoms with Gasteiger partial charge in [0.2, 0.25) is 5.91 Å². The number of benzene rings is 1. The van der Waals surface area contributed by atoms with Gasteiger partial charge in [0, 0.05) is 17.7 Å². The van der Waals surface area contributed by atoms with Gasteiger partial charge in [0.05, 0.1) is 19.3 Å². The SMILES string of the molecule is NC(CCC(=O)O)C(=O)Nc1cccc(C2OCCO2)c1. The normalized spacial score (nSPS) is 16.6. The average molecular weight is 294 g/mol. The lowest BCUT2D eigenvalue weighted by atomic mass is 10.1. The van der Waals surface area contributed by atoms with Crippen molar-refractivity contribution in [2.24, 2.45) is 5.73 Å². The van der Waals surface area contributed by atoms with Crippen LogP contribution in [0.5, 0.6) is 0 Å². The Labute approximate surface area is 122 Å². The molecule has 2 rings (SSSR count). The van der Waals surface area contributed by atoms with Gasteiger partial charge in [0.25, 0.3) is 0 Å². The molecule has 0 bridgehead atoms. The van der Waals surface area contributed by atoms with Crippen LogP contribution in [0.1, 0.15) is 24.7 Å². The molecule has 1 saturated heterocycles. The Balaban J connectivity index is 1.94. The van der Waals surface area contributed by atoms with Crippen LogP contribution in [-0.4, -0.2) is 36.2 Å². The summed E-state index contributed by atoms with van der Waals surface area (Å²) in [5.74, 6) is -1.39. The summed E-state index contributed by atoms with van der Waals surface area (Å²) in [6.07, 6.45) is -0.462. The Morgan fingerprint density at radius 3 is 2.76 bits per heavy atom. The minimum absolute atomic E-state index is 0.0930. The number of carboxylic acids is 1. The molecule has 0 saturated carbocycles. The van der Waals surface area contributed by atoms with Crippen LogP contribution in [0.25, 0.3) is 0 Å². The standard InChI is InChI=1S/C14H18N2O5/c15-11(4-5-12(17)18)13(19)16-10-3-1-2-9(8-10)14-20-6-7-21-14/h1-3,8,11,14H,4-7,15H2,(H,16,19)(H,17,18). The van der Waals surface area contributed by atoms with Gasteiger partial charge in [-0.2, -0.15) is 0 Å². The van der Waals surface area contributed by atoms with E-state index in [1.54, 1.807) is 18.2 Å². The number of carbonyl (C=O) groups excluding carboxylic acids is 1. The number of ether oxygens (including phenoxy) is 2. The number of rotatable bonds is 6. The molecule has 1 atom stereocenters. The second-order valence-corrected chi connectivity index (χ2v) is 4.73. The summed E-state index contributed by atoms with van der Waals surface area (Å²) >= 11 is 0. The van der Waals surface area contributed by atoms with Crippen molar-refractivity contribution >= 4 is 17.6 Å². The van der Waals surface area contributed by atoms with Crippen LogP contribution in [0.2, 0.25) is 0 Å². The van der Waals surface area contributed by atoms with Gasteiger partial charge in [-0.25, -0.2) is 0 Å².